The van der Waals surface area contributed by atoms with E-state index in [1.807, 2.05) is 23.1 Å². The Morgan fingerprint density at radius 2 is 2.19 bits per heavy atom. The van der Waals surface area contributed by atoms with Gasteiger partial charge in [0, 0.05) is 34.7 Å². The average Bonchev–Trinajstić information content (AvgIpc) is 3.41. The number of nitrogens with zero attached hydrogens (tertiary/aromatic N) is 5. The number of nitrogens with one attached hydrogen (secondary N) is 1. The Kier molecular flexibility index (Phi) is 3.78. The zero-order valence-corrected chi connectivity index (χ0v) is 15.8. The number of thiazole rings is 1. The summed E-state index contributed by atoms with van der Waals surface area (Å²) in [6, 6.07) is 6.43. The first-order valence-electron chi connectivity index (χ1n) is 8.86. The van der Waals surface area contributed by atoms with Gasteiger partial charge in [-0.15, -0.1) is 11.3 Å². The lowest BCUT2D eigenvalue weighted by atomic mass is 10.0. The Balaban J connectivity index is 1.65. The van der Waals surface area contributed by atoms with Crippen molar-refractivity contribution in [2.45, 2.75) is 26.3 Å². The molecule has 1 aliphatic rings. The molecule has 0 radical (unpaired) electrons. The van der Waals surface area contributed by atoms with Crippen molar-refractivity contribution >= 4 is 11.3 Å². The quantitative estimate of drug-likeness (QED) is 0.583. The lowest BCUT2D eigenvalue weighted by molar-refractivity contribution is 0.327. The van der Waals surface area contributed by atoms with Crippen LogP contribution < -0.4 is 4.74 Å². The highest BCUT2D eigenvalue weighted by Gasteiger charge is 2.23. The van der Waals surface area contributed by atoms with E-state index < -0.39 is 0 Å². The minimum absolute atomic E-state index is 0.231. The highest BCUT2D eigenvalue weighted by molar-refractivity contribution is 7.15. The molecule has 0 saturated carbocycles. The zero-order valence-electron chi connectivity index (χ0n) is 15.0. The molecule has 0 bridgehead atoms. The van der Waals surface area contributed by atoms with E-state index in [0.29, 0.717) is 6.61 Å². The second-order valence-electron chi connectivity index (χ2n) is 6.71. The maximum Gasteiger partial charge on any atom is 0.187 e. The van der Waals surface area contributed by atoms with Gasteiger partial charge >= 0.3 is 0 Å². The van der Waals surface area contributed by atoms with E-state index in [-0.39, 0.29) is 6.04 Å². The highest BCUT2D eigenvalue weighted by atomic mass is 32.1. The molecular weight excluding hydrogens is 360 g/mol. The molecule has 0 amide bonds. The van der Waals surface area contributed by atoms with Gasteiger partial charge in [0.25, 0.3) is 0 Å². The van der Waals surface area contributed by atoms with Gasteiger partial charge in [-0.05, 0) is 31.5 Å². The van der Waals surface area contributed by atoms with Crippen LogP contribution in [0.1, 0.15) is 24.8 Å². The van der Waals surface area contributed by atoms with Crippen LogP contribution in [0.4, 0.5) is 0 Å². The molecule has 0 fully saturated rings. The van der Waals surface area contributed by atoms with E-state index in [2.05, 4.69) is 46.3 Å². The first-order chi connectivity index (χ1) is 13.2. The third-order valence-corrected chi connectivity index (χ3v) is 5.71. The van der Waals surface area contributed by atoms with Crippen LogP contribution in [0.2, 0.25) is 0 Å². The molecule has 5 rings (SSSR count). The van der Waals surface area contributed by atoms with E-state index in [1.54, 1.807) is 17.7 Å². The molecule has 4 aromatic rings. The van der Waals surface area contributed by atoms with Gasteiger partial charge in [0.05, 0.1) is 18.5 Å². The highest BCUT2D eigenvalue weighted by Crippen LogP contribution is 2.41. The van der Waals surface area contributed by atoms with Crippen molar-refractivity contribution in [3.8, 4) is 39.0 Å². The molecule has 0 spiro atoms. The van der Waals surface area contributed by atoms with Crippen LogP contribution in [0.5, 0.6) is 5.75 Å². The molecule has 4 heterocycles. The van der Waals surface area contributed by atoms with E-state index in [0.717, 1.165) is 45.4 Å². The summed E-state index contributed by atoms with van der Waals surface area (Å²) in [4.78, 5) is 10.6. The largest absolute Gasteiger partial charge is 0.493 e. The number of aromatic amines is 1. The SMILES string of the molecule is CC(C)n1ncnc1-c1nc2c(s1)CCOc1ccc(-c3cn[nH]c3)cc1-2. The van der Waals surface area contributed by atoms with Crippen molar-refractivity contribution in [3.63, 3.8) is 0 Å². The van der Waals surface area contributed by atoms with Gasteiger partial charge in [0.1, 0.15) is 12.1 Å². The summed E-state index contributed by atoms with van der Waals surface area (Å²) < 4.78 is 7.88. The number of hydrogen-bond acceptors (Lipinski definition) is 6. The normalized spacial score (nSPS) is 13.1. The van der Waals surface area contributed by atoms with Crippen molar-refractivity contribution < 1.29 is 4.74 Å². The monoisotopic (exact) mass is 378 g/mol. The van der Waals surface area contributed by atoms with Gasteiger partial charge in [0.2, 0.25) is 0 Å². The van der Waals surface area contributed by atoms with Crippen LogP contribution in [0.3, 0.4) is 0 Å². The Bertz CT molecular complexity index is 1100. The molecule has 1 aliphatic heterocycles. The molecule has 7 nitrogen and oxygen atoms in total. The molecule has 8 heteroatoms. The minimum Gasteiger partial charge on any atom is -0.493 e. The Morgan fingerprint density at radius 1 is 1.26 bits per heavy atom. The van der Waals surface area contributed by atoms with Gasteiger partial charge in [0.15, 0.2) is 10.8 Å². The number of ether oxygens (including phenoxy) is 1. The van der Waals surface area contributed by atoms with Gasteiger partial charge in [-0.25, -0.2) is 14.6 Å². The maximum atomic E-state index is 5.96. The zero-order chi connectivity index (χ0) is 18.4. The summed E-state index contributed by atoms with van der Waals surface area (Å²) in [6.07, 6.45) is 6.13. The second-order valence-corrected chi connectivity index (χ2v) is 7.79. The smallest absolute Gasteiger partial charge is 0.187 e. The van der Waals surface area contributed by atoms with Crippen molar-refractivity contribution in [1.29, 1.82) is 0 Å². The summed E-state index contributed by atoms with van der Waals surface area (Å²) in [5.74, 6) is 1.68. The summed E-state index contributed by atoms with van der Waals surface area (Å²) in [5.41, 5.74) is 4.11. The van der Waals surface area contributed by atoms with Gasteiger partial charge in [-0.3, -0.25) is 5.10 Å². The van der Waals surface area contributed by atoms with Crippen molar-refractivity contribution in [2.24, 2.45) is 0 Å². The number of hydrogen-bond donors (Lipinski definition) is 1. The van der Waals surface area contributed by atoms with E-state index in [1.165, 1.54) is 4.88 Å². The van der Waals surface area contributed by atoms with E-state index >= 15 is 0 Å². The molecular formula is C19H18N6OS. The molecule has 0 aliphatic carbocycles. The Labute approximate surface area is 160 Å². The van der Waals surface area contributed by atoms with Crippen LogP contribution >= 0.6 is 11.3 Å². The lowest BCUT2D eigenvalue weighted by Gasteiger charge is -2.09. The van der Waals surface area contributed by atoms with Crippen LogP contribution in [-0.4, -0.2) is 36.6 Å². The summed E-state index contributed by atoms with van der Waals surface area (Å²) in [7, 11) is 0. The Morgan fingerprint density at radius 3 is 3.00 bits per heavy atom. The fourth-order valence-corrected chi connectivity index (χ4v) is 4.34. The van der Waals surface area contributed by atoms with Crippen LogP contribution in [-0.2, 0) is 6.42 Å². The van der Waals surface area contributed by atoms with Crippen molar-refractivity contribution in [3.05, 3.63) is 41.8 Å². The summed E-state index contributed by atoms with van der Waals surface area (Å²) in [5, 5.41) is 12.2. The molecule has 1 aromatic carbocycles. The minimum atomic E-state index is 0.231. The topological polar surface area (TPSA) is 81.5 Å². The standard InChI is InChI=1S/C19H18N6OS/c1-11(2)25-18(20-10-23-25)19-24-17-14-7-12(13-8-21-22-9-13)3-4-15(14)26-6-5-16(17)27-19/h3-4,7-11H,5-6H2,1-2H3,(H,21,22). The molecule has 27 heavy (non-hydrogen) atoms. The number of aromatic nitrogens is 6. The van der Waals surface area contributed by atoms with Gasteiger partial charge in [-0.1, -0.05) is 6.07 Å². The predicted octanol–water partition coefficient (Wildman–Crippen LogP) is 3.97. The molecule has 0 unspecified atom stereocenters. The lowest BCUT2D eigenvalue weighted by Crippen LogP contribution is -2.04. The first kappa shape index (κ1) is 16.2. The third kappa shape index (κ3) is 2.73. The molecule has 136 valence electrons. The summed E-state index contributed by atoms with van der Waals surface area (Å²) >= 11 is 1.67. The van der Waals surface area contributed by atoms with Crippen LogP contribution in [0, 0.1) is 0 Å². The van der Waals surface area contributed by atoms with E-state index in [4.69, 9.17) is 9.72 Å². The fourth-order valence-electron chi connectivity index (χ4n) is 3.29. The van der Waals surface area contributed by atoms with Crippen LogP contribution in [0.15, 0.2) is 36.9 Å². The number of benzene rings is 1. The van der Waals surface area contributed by atoms with E-state index in [9.17, 15) is 0 Å². The average molecular weight is 378 g/mol. The number of rotatable bonds is 3. The fraction of sp³-hybridized carbons (Fsp3) is 0.263. The first-order valence-corrected chi connectivity index (χ1v) is 9.68. The third-order valence-electron chi connectivity index (χ3n) is 4.60. The van der Waals surface area contributed by atoms with Crippen molar-refractivity contribution in [2.75, 3.05) is 6.61 Å². The van der Waals surface area contributed by atoms with Crippen LogP contribution in [0.25, 0.3) is 33.2 Å². The molecule has 1 N–H and O–H groups in total. The summed E-state index contributed by atoms with van der Waals surface area (Å²) in [6.45, 7) is 4.83. The van der Waals surface area contributed by atoms with Crippen molar-refractivity contribution in [1.82, 2.24) is 29.9 Å². The number of H-pyrrole nitrogens is 1. The molecule has 0 atom stereocenters. The Hall–Kier alpha value is -3.00. The van der Waals surface area contributed by atoms with Gasteiger partial charge in [-0.2, -0.15) is 10.2 Å². The number of fused-ring (bicyclic) bond motifs is 3. The second kappa shape index (κ2) is 6.31. The molecule has 0 saturated heterocycles. The maximum absolute atomic E-state index is 5.96. The predicted molar refractivity (Wildman–Crippen MR) is 104 cm³/mol. The molecule has 3 aromatic heterocycles. The van der Waals surface area contributed by atoms with Gasteiger partial charge < -0.3 is 4.74 Å².